The van der Waals surface area contributed by atoms with Crippen molar-refractivity contribution in [1.82, 2.24) is 10.2 Å². The molecule has 12 nitrogen and oxygen atoms in total. The SMILES string of the molecule is C[C@](N)(CN1CC(Oc2ccc([C@@H]3C[C@@H]3B(O)O)c(O)c2C(=O)O)C1)C(=O)NCC(N)=O. The average Bonchev–Trinajstić information content (AvgIpc) is 3.44. The van der Waals surface area contributed by atoms with E-state index < -0.39 is 42.0 Å². The van der Waals surface area contributed by atoms with Crippen molar-refractivity contribution in [1.29, 1.82) is 0 Å². The summed E-state index contributed by atoms with van der Waals surface area (Å²) in [7, 11) is -1.53. The molecule has 1 aliphatic heterocycles. The number of carbonyl (C=O) groups is 3. The van der Waals surface area contributed by atoms with Crippen LogP contribution in [-0.4, -0.2) is 87.9 Å². The highest BCUT2D eigenvalue weighted by atomic mass is 16.5. The summed E-state index contributed by atoms with van der Waals surface area (Å²) in [5.74, 6) is -3.79. The van der Waals surface area contributed by atoms with E-state index in [9.17, 15) is 34.6 Å². The Hall–Kier alpha value is -2.87. The summed E-state index contributed by atoms with van der Waals surface area (Å²) in [4.78, 5) is 36.5. The molecule has 1 aromatic carbocycles. The third-order valence-corrected chi connectivity index (χ3v) is 5.72. The molecule has 2 aliphatic rings. The van der Waals surface area contributed by atoms with E-state index >= 15 is 0 Å². The minimum atomic E-state index is -1.53. The number of nitrogens with one attached hydrogen (secondary N) is 1. The molecule has 2 amide bonds. The Labute approximate surface area is 184 Å². The van der Waals surface area contributed by atoms with Crippen molar-refractivity contribution in [3.8, 4) is 11.5 Å². The number of aromatic hydroxyl groups is 1. The van der Waals surface area contributed by atoms with Gasteiger partial charge in [0.15, 0.2) is 0 Å². The fourth-order valence-electron chi connectivity index (χ4n) is 3.91. The Kier molecular flexibility index (Phi) is 6.65. The topological polar surface area (TPSA) is 209 Å². The molecular formula is C19H27BN4O8. The smallest absolute Gasteiger partial charge is 0.455 e. The molecule has 0 radical (unpaired) electrons. The Balaban J connectivity index is 1.60. The molecule has 0 spiro atoms. The van der Waals surface area contributed by atoms with Crippen molar-refractivity contribution >= 4 is 24.9 Å². The van der Waals surface area contributed by atoms with E-state index in [-0.39, 0.29) is 36.4 Å². The Morgan fingerprint density at radius 1 is 1.31 bits per heavy atom. The van der Waals surface area contributed by atoms with E-state index in [0.29, 0.717) is 25.1 Å². The van der Waals surface area contributed by atoms with Crippen LogP contribution in [0.1, 0.15) is 35.2 Å². The van der Waals surface area contributed by atoms with Gasteiger partial charge in [-0.25, -0.2) is 4.79 Å². The van der Waals surface area contributed by atoms with Gasteiger partial charge in [0, 0.05) is 25.5 Å². The average molecular weight is 450 g/mol. The van der Waals surface area contributed by atoms with Crippen LogP contribution in [0.15, 0.2) is 12.1 Å². The molecule has 1 saturated carbocycles. The Morgan fingerprint density at radius 3 is 2.50 bits per heavy atom. The lowest BCUT2D eigenvalue weighted by Crippen LogP contribution is -2.64. The predicted molar refractivity (Wildman–Crippen MR) is 112 cm³/mol. The molecule has 1 aromatic rings. The van der Waals surface area contributed by atoms with Gasteiger partial charge in [-0.15, -0.1) is 0 Å². The molecule has 0 unspecified atom stereocenters. The number of carbonyl (C=O) groups excluding carboxylic acids is 2. The number of benzene rings is 1. The summed E-state index contributed by atoms with van der Waals surface area (Å²) < 4.78 is 5.75. The second kappa shape index (κ2) is 8.94. The van der Waals surface area contributed by atoms with Crippen LogP contribution >= 0.6 is 0 Å². The fourth-order valence-corrected chi connectivity index (χ4v) is 3.91. The summed E-state index contributed by atoms with van der Waals surface area (Å²) in [6, 6.07) is 2.98. The number of carboxylic acids is 1. The first-order chi connectivity index (χ1) is 14.9. The molecule has 3 rings (SSSR count). The Bertz CT molecular complexity index is 919. The summed E-state index contributed by atoms with van der Waals surface area (Å²) in [5.41, 5.74) is 9.72. The molecule has 1 aliphatic carbocycles. The van der Waals surface area contributed by atoms with Crippen LogP contribution in [0.5, 0.6) is 11.5 Å². The van der Waals surface area contributed by atoms with Crippen molar-refractivity contribution in [2.75, 3.05) is 26.2 Å². The maximum Gasteiger partial charge on any atom is 0.455 e. The number of carboxylic acid groups (broad SMARTS) is 1. The van der Waals surface area contributed by atoms with Gasteiger partial charge in [-0.2, -0.15) is 0 Å². The van der Waals surface area contributed by atoms with Crippen LogP contribution in [0.25, 0.3) is 0 Å². The lowest BCUT2D eigenvalue weighted by Gasteiger charge is -2.42. The number of amides is 2. The minimum absolute atomic E-state index is 0.000131. The standard InChI is InChI=1S/C19H27BN4O8/c1-19(22,18(29)23-5-14(21)25)8-24-6-9(7-24)32-13-3-2-10(11-4-12(11)20(30)31)16(26)15(13)17(27)28/h2-3,9,11-12,26,30-31H,4-8,22H2,1H3,(H2,21,25)(H,23,29)(H,27,28)/t11-,12-,19-/m0/s1. The van der Waals surface area contributed by atoms with E-state index in [4.69, 9.17) is 16.2 Å². The molecule has 9 N–H and O–H groups in total. The normalized spacial score (nSPS) is 22.4. The summed E-state index contributed by atoms with van der Waals surface area (Å²) in [6.07, 6.45) is 0.0585. The maximum atomic E-state index is 12.1. The van der Waals surface area contributed by atoms with Crippen LogP contribution in [0.3, 0.4) is 0 Å². The number of nitrogens with zero attached hydrogens (tertiary/aromatic N) is 1. The molecular weight excluding hydrogens is 423 g/mol. The van der Waals surface area contributed by atoms with Crippen LogP contribution in [-0.2, 0) is 9.59 Å². The molecule has 174 valence electrons. The van der Waals surface area contributed by atoms with E-state index in [1.807, 2.05) is 4.90 Å². The van der Waals surface area contributed by atoms with E-state index in [1.165, 1.54) is 19.1 Å². The molecule has 0 aromatic heterocycles. The summed E-state index contributed by atoms with van der Waals surface area (Å²) >= 11 is 0. The first-order valence-electron chi connectivity index (χ1n) is 10.1. The second-order valence-corrected chi connectivity index (χ2v) is 8.60. The third-order valence-electron chi connectivity index (χ3n) is 5.72. The lowest BCUT2D eigenvalue weighted by atomic mass is 9.81. The molecule has 3 atom stereocenters. The van der Waals surface area contributed by atoms with Crippen LogP contribution in [0, 0.1) is 0 Å². The van der Waals surface area contributed by atoms with E-state index in [2.05, 4.69) is 5.32 Å². The van der Waals surface area contributed by atoms with Crippen LogP contribution in [0.2, 0.25) is 5.82 Å². The van der Waals surface area contributed by atoms with Gasteiger partial charge in [0.05, 0.1) is 6.54 Å². The zero-order chi connectivity index (χ0) is 23.8. The van der Waals surface area contributed by atoms with Gasteiger partial charge in [0.2, 0.25) is 11.8 Å². The fraction of sp³-hybridized carbons (Fsp3) is 0.526. The second-order valence-electron chi connectivity index (χ2n) is 8.60. The van der Waals surface area contributed by atoms with E-state index in [0.717, 1.165) is 0 Å². The zero-order valence-electron chi connectivity index (χ0n) is 17.5. The molecule has 1 saturated heterocycles. The van der Waals surface area contributed by atoms with Gasteiger partial charge in [0.25, 0.3) is 0 Å². The molecule has 0 bridgehead atoms. The van der Waals surface area contributed by atoms with Crippen LogP contribution in [0.4, 0.5) is 0 Å². The van der Waals surface area contributed by atoms with Gasteiger partial charge < -0.3 is 41.8 Å². The quantitative estimate of drug-likeness (QED) is 0.191. The highest BCUT2D eigenvalue weighted by molar-refractivity contribution is 6.44. The van der Waals surface area contributed by atoms with Crippen LogP contribution < -0.4 is 21.5 Å². The number of nitrogens with two attached hydrogens (primary N) is 2. The van der Waals surface area contributed by atoms with E-state index in [1.54, 1.807) is 0 Å². The highest BCUT2D eigenvalue weighted by Crippen LogP contribution is 2.56. The van der Waals surface area contributed by atoms with Gasteiger partial charge >= 0.3 is 13.1 Å². The van der Waals surface area contributed by atoms with Gasteiger partial charge in [0.1, 0.15) is 28.7 Å². The van der Waals surface area contributed by atoms with Gasteiger partial charge in [-0.05, 0) is 30.9 Å². The highest BCUT2D eigenvalue weighted by Gasteiger charge is 2.48. The monoisotopic (exact) mass is 450 g/mol. The third kappa shape index (κ3) is 5.13. The summed E-state index contributed by atoms with van der Waals surface area (Å²) in [5, 5.41) is 41.0. The van der Waals surface area contributed by atoms with Gasteiger partial charge in [-0.1, -0.05) is 6.07 Å². The van der Waals surface area contributed by atoms with Crippen molar-refractivity contribution in [3.63, 3.8) is 0 Å². The number of likely N-dealkylation sites (tertiary alicyclic amines) is 1. The first-order valence-corrected chi connectivity index (χ1v) is 10.1. The molecule has 32 heavy (non-hydrogen) atoms. The maximum absolute atomic E-state index is 12.1. The lowest BCUT2D eigenvalue weighted by molar-refractivity contribution is -0.129. The van der Waals surface area contributed by atoms with Crippen molar-refractivity contribution in [2.45, 2.75) is 36.7 Å². The largest absolute Gasteiger partial charge is 0.507 e. The number of hydrogen-bond donors (Lipinski definition) is 7. The molecule has 2 fully saturated rings. The number of hydrogen-bond acceptors (Lipinski definition) is 9. The number of primary amides is 1. The van der Waals surface area contributed by atoms with Crippen molar-refractivity contribution < 1.29 is 39.4 Å². The summed E-state index contributed by atoms with van der Waals surface area (Å²) in [6.45, 7) is 2.14. The first kappa shape index (κ1) is 23.8. The van der Waals surface area contributed by atoms with Crippen molar-refractivity contribution in [3.05, 3.63) is 23.3 Å². The zero-order valence-corrected chi connectivity index (χ0v) is 17.5. The number of rotatable bonds is 10. The molecule has 13 heteroatoms. The Morgan fingerprint density at radius 2 is 1.97 bits per heavy atom. The predicted octanol–water partition coefficient (Wildman–Crippen LogP) is -2.20. The molecule has 1 heterocycles. The number of phenols is 1. The number of aromatic carboxylic acids is 1. The van der Waals surface area contributed by atoms with Gasteiger partial charge in [-0.3, -0.25) is 14.5 Å². The van der Waals surface area contributed by atoms with Crippen molar-refractivity contribution in [2.24, 2.45) is 11.5 Å². The number of ether oxygens (including phenoxy) is 1. The minimum Gasteiger partial charge on any atom is -0.507 e.